The zero-order valence-electron chi connectivity index (χ0n) is 13.6. The van der Waals surface area contributed by atoms with E-state index in [1.807, 2.05) is 35.8 Å². The lowest BCUT2D eigenvalue weighted by Gasteiger charge is -2.11. The number of thioether (sulfide) groups is 1. The van der Waals surface area contributed by atoms with E-state index in [0.29, 0.717) is 23.3 Å². The highest BCUT2D eigenvalue weighted by Gasteiger charge is 2.14. The Balaban J connectivity index is 1.87. The Labute approximate surface area is 149 Å². The molecule has 0 bridgehead atoms. The van der Waals surface area contributed by atoms with Crippen molar-refractivity contribution in [1.82, 2.24) is 14.8 Å². The Hall–Kier alpha value is -2.85. The zero-order chi connectivity index (χ0) is 17.6. The zero-order valence-corrected chi connectivity index (χ0v) is 14.4. The molecule has 2 aromatic carbocycles. The summed E-state index contributed by atoms with van der Waals surface area (Å²) in [5.74, 6) is 0.743. The Morgan fingerprint density at radius 1 is 1.12 bits per heavy atom. The molecule has 0 atom stereocenters. The molecule has 1 aromatic heterocycles. The van der Waals surface area contributed by atoms with E-state index < -0.39 is 0 Å². The average Bonchev–Trinajstić information content (AvgIpc) is 3.03. The molecular formula is C18H16FN5S. The molecule has 3 rings (SSSR count). The normalized spacial score (nSPS) is 10.4. The van der Waals surface area contributed by atoms with Crippen molar-refractivity contribution in [3.8, 4) is 11.8 Å². The van der Waals surface area contributed by atoms with Crippen LogP contribution in [0.25, 0.3) is 5.69 Å². The van der Waals surface area contributed by atoms with Gasteiger partial charge in [-0.1, -0.05) is 29.5 Å². The molecule has 126 valence electrons. The van der Waals surface area contributed by atoms with Crippen LogP contribution in [0.2, 0.25) is 0 Å². The van der Waals surface area contributed by atoms with Gasteiger partial charge < -0.3 is 5.32 Å². The van der Waals surface area contributed by atoms with Crippen LogP contribution in [0.1, 0.15) is 11.4 Å². The van der Waals surface area contributed by atoms with Crippen LogP contribution in [-0.4, -0.2) is 20.5 Å². The van der Waals surface area contributed by atoms with E-state index in [1.165, 1.54) is 23.9 Å². The second-order valence-electron chi connectivity index (χ2n) is 5.38. The minimum absolute atomic E-state index is 0.274. The van der Waals surface area contributed by atoms with Crippen molar-refractivity contribution in [2.45, 2.75) is 18.6 Å². The molecule has 25 heavy (non-hydrogen) atoms. The van der Waals surface area contributed by atoms with E-state index >= 15 is 0 Å². The van der Waals surface area contributed by atoms with Crippen LogP contribution < -0.4 is 5.32 Å². The summed E-state index contributed by atoms with van der Waals surface area (Å²) in [5, 5.41) is 21.2. The molecule has 0 aliphatic rings. The predicted octanol–water partition coefficient (Wildman–Crippen LogP) is 3.94. The summed E-state index contributed by atoms with van der Waals surface area (Å²) in [6.45, 7) is 2.46. The van der Waals surface area contributed by atoms with Crippen molar-refractivity contribution in [2.75, 3.05) is 11.1 Å². The molecule has 0 fully saturated rings. The van der Waals surface area contributed by atoms with Gasteiger partial charge in [-0.15, -0.1) is 10.2 Å². The first-order valence-electron chi connectivity index (χ1n) is 7.68. The van der Waals surface area contributed by atoms with E-state index in [4.69, 9.17) is 5.26 Å². The predicted molar refractivity (Wildman–Crippen MR) is 96.2 cm³/mol. The Kier molecular flexibility index (Phi) is 5.31. The van der Waals surface area contributed by atoms with Crippen LogP contribution >= 0.6 is 11.8 Å². The van der Waals surface area contributed by atoms with Crippen molar-refractivity contribution >= 4 is 17.4 Å². The van der Waals surface area contributed by atoms with Crippen LogP contribution in [0.3, 0.4) is 0 Å². The molecule has 0 saturated heterocycles. The fourth-order valence-corrected chi connectivity index (χ4v) is 2.94. The Morgan fingerprint density at radius 3 is 2.52 bits per heavy atom. The van der Waals surface area contributed by atoms with Gasteiger partial charge in [-0.3, -0.25) is 4.57 Å². The van der Waals surface area contributed by atoms with E-state index in [1.54, 1.807) is 12.1 Å². The molecule has 0 radical (unpaired) electrons. The lowest BCUT2D eigenvalue weighted by atomic mass is 10.2. The first-order chi connectivity index (χ1) is 12.2. The average molecular weight is 353 g/mol. The molecule has 0 aliphatic heterocycles. The number of aryl methyl sites for hydroxylation is 1. The summed E-state index contributed by atoms with van der Waals surface area (Å²) in [7, 11) is 0. The van der Waals surface area contributed by atoms with Crippen LogP contribution in [-0.2, 0) is 6.54 Å². The lowest BCUT2D eigenvalue weighted by Crippen LogP contribution is -2.08. The lowest BCUT2D eigenvalue weighted by molar-refractivity contribution is 0.628. The third-order valence-electron chi connectivity index (χ3n) is 3.55. The quantitative estimate of drug-likeness (QED) is 0.680. The number of anilines is 1. The molecule has 5 nitrogen and oxygen atoms in total. The maximum atomic E-state index is 13.0. The van der Waals surface area contributed by atoms with Gasteiger partial charge in [0.05, 0.1) is 18.4 Å². The third-order valence-corrected chi connectivity index (χ3v) is 4.35. The highest BCUT2D eigenvalue weighted by molar-refractivity contribution is 7.99. The number of hydrogen-bond acceptors (Lipinski definition) is 5. The molecule has 0 aliphatic carbocycles. The number of nitrogens with one attached hydrogen (secondary N) is 1. The monoisotopic (exact) mass is 353 g/mol. The summed E-state index contributed by atoms with van der Waals surface area (Å²) < 4.78 is 14.9. The van der Waals surface area contributed by atoms with Crippen LogP contribution in [0.4, 0.5) is 10.1 Å². The fourth-order valence-electron chi connectivity index (χ4n) is 2.31. The van der Waals surface area contributed by atoms with Gasteiger partial charge in [0.1, 0.15) is 5.82 Å². The standard InChI is InChI=1S/C18H16FN5S/c1-13-2-8-16(9-3-13)24-17(22-23-18(24)25-11-10-20)12-21-15-6-4-14(19)5-7-15/h2-9,21H,11-12H2,1H3. The molecule has 0 unspecified atom stereocenters. The van der Waals surface area contributed by atoms with E-state index in [2.05, 4.69) is 21.6 Å². The summed E-state index contributed by atoms with van der Waals surface area (Å²) in [4.78, 5) is 0. The van der Waals surface area contributed by atoms with Gasteiger partial charge in [-0.05, 0) is 43.3 Å². The molecule has 0 saturated carbocycles. The van der Waals surface area contributed by atoms with Crippen LogP contribution in [0, 0.1) is 24.1 Å². The van der Waals surface area contributed by atoms with Gasteiger partial charge in [-0.25, -0.2) is 4.39 Å². The molecule has 0 amide bonds. The summed E-state index contributed by atoms with van der Waals surface area (Å²) in [6.07, 6.45) is 0. The Bertz CT molecular complexity index is 881. The maximum Gasteiger partial charge on any atom is 0.196 e. The third kappa shape index (κ3) is 4.17. The molecule has 1 N–H and O–H groups in total. The summed E-state index contributed by atoms with van der Waals surface area (Å²) >= 11 is 1.34. The Morgan fingerprint density at radius 2 is 1.84 bits per heavy atom. The highest BCUT2D eigenvalue weighted by Crippen LogP contribution is 2.23. The van der Waals surface area contributed by atoms with Gasteiger partial charge in [0.2, 0.25) is 0 Å². The van der Waals surface area contributed by atoms with E-state index in [-0.39, 0.29) is 5.82 Å². The topological polar surface area (TPSA) is 66.5 Å². The number of halogens is 1. The van der Waals surface area contributed by atoms with Gasteiger partial charge in [0, 0.05) is 11.4 Å². The molecule has 1 heterocycles. The van der Waals surface area contributed by atoms with E-state index in [0.717, 1.165) is 16.9 Å². The number of hydrogen-bond donors (Lipinski definition) is 1. The first kappa shape index (κ1) is 17.0. The SMILES string of the molecule is Cc1ccc(-n2c(CNc3ccc(F)cc3)nnc2SCC#N)cc1. The van der Waals surface area contributed by atoms with Gasteiger partial charge >= 0.3 is 0 Å². The summed E-state index contributed by atoms with van der Waals surface area (Å²) in [5.41, 5.74) is 2.90. The van der Waals surface area contributed by atoms with Gasteiger partial charge in [0.15, 0.2) is 11.0 Å². The van der Waals surface area contributed by atoms with Crippen molar-refractivity contribution in [2.24, 2.45) is 0 Å². The van der Waals surface area contributed by atoms with Crippen molar-refractivity contribution in [3.63, 3.8) is 0 Å². The van der Waals surface area contributed by atoms with Gasteiger partial charge in [0.25, 0.3) is 0 Å². The molecule has 7 heteroatoms. The van der Waals surface area contributed by atoms with Crippen molar-refractivity contribution in [3.05, 3.63) is 65.7 Å². The minimum Gasteiger partial charge on any atom is -0.378 e. The highest BCUT2D eigenvalue weighted by atomic mass is 32.2. The molecule has 3 aromatic rings. The number of aromatic nitrogens is 3. The van der Waals surface area contributed by atoms with Crippen molar-refractivity contribution < 1.29 is 4.39 Å². The van der Waals surface area contributed by atoms with Crippen LogP contribution in [0.15, 0.2) is 53.7 Å². The van der Waals surface area contributed by atoms with Crippen LogP contribution in [0.5, 0.6) is 0 Å². The molecular weight excluding hydrogens is 337 g/mol. The van der Waals surface area contributed by atoms with E-state index in [9.17, 15) is 4.39 Å². The fraction of sp³-hybridized carbons (Fsp3) is 0.167. The number of benzene rings is 2. The number of nitrogens with zero attached hydrogens (tertiary/aromatic N) is 4. The molecule has 0 spiro atoms. The summed E-state index contributed by atoms with van der Waals surface area (Å²) in [6, 6.07) is 16.3. The second-order valence-corrected chi connectivity index (χ2v) is 6.32. The number of rotatable bonds is 6. The van der Waals surface area contributed by atoms with Crippen molar-refractivity contribution in [1.29, 1.82) is 5.26 Å². The smallest absolute Gasteiger partial charge is 0.196 e. The minimum atomic E-state index is -0.274. The first-order valence-corrected chi connectivity index (χ1v) is 8.66. The largest absolute Gasteiger partial charge is 0.378 e. The maximum absolute atomic E-state index is 13.0. The van der Waals surface area contributed by atoms with Gasteiger partial charge in [-0.2, -0.15) is 5.26 Å². The second kappa shape index (κ2) is 7.81. The number of nitriles is 1.